The summed E-state index contributed by atoms with van der Waals surface area (Å²) in [4.78, 5) is 23.7. The van der Waals surface area contributed by atoms with Gasteiger partial charge < -0.3 is 19.9 Å². The summed E-state index contributed by atoms with van der Waals surface area (Å²) in [5, 5.41) is 27.9. The van der Waals surface area contributed by atoms with E-state index >= 15 is 0 Å². The molecule has 7 nitrogen and oxygen atoms in total. The molecule has 0 atom stereocenters. The molecule has 110 valence electrons. The maximum atomic E-state index is 11.6. The molecule has 0 aliphatic carbocycles. The lowest BCUT2D eigenvalue weighted by Crippen LogP contribution is -2.28. The molecule has 1 aromatic rings. The molecule has 20 heavy (non-hydrogen) atoms. The predicted molar refractivity (Wildman–Crippen MR) is 72.5 cm³/mol. The lowest BCUT2D eigenvalue weighted by molar-refractivity contribution is -0.138. The summed E-state index contributed by atoms with van der Waals surface area (Å²) in [6, 6.07) is 1.15. The molecule has 0 fully saturated rings. The average Bonchev–Trinajstić information content (AvgIpc) is 2.37. The van der Waals surface area contributed by atoms with Crippen molar-refractivity contribution in [1.29, 1.82) is 0 Å². The SMILES string of the molecule is C=CCn1c(CO)cc(=O)c(O)c1CN(C)CC(=O)O. The fourth-order valence-corrected chi connectivity index (χ4v) is 1.93. The monoisotopic (exact) mass is 282 g/mol. The van der Waals surface area contributed by atoms with Gasteiger partial charge in [-0.15, -0.1) is 6.58 Å². The number of aliphatic hydroxyl groups is 1. The van der Waals surface area contributed by atoms with E-state index in [1.54, 1.807) is 17.7 Å². The number of hydrogen-bond donors (Lipinski definition) is 3. The lowest BCUT2D eigenvalue weighted by atomic mass is 10.2. The lowest BCUT2D eigenvalue weighted by Gasteiger charge is -2.21. The zero-order valence-electron chi connectivity index (χ0n) is 11.2. The van der Waals surface area contributed by atoms with Gasteiger partial charge in [0.15, 0.2) is 5.75 Å². The summed E-state index contributed by atoms with van der Waals surface area (Å²) in [5.74, 6) is -1.45. The first-order chi connectivity index (χ1) is 9.40. The number of hydrogen-bond acceptors (Lipinski definition) is 5. The highest BCUT2D eigenvalue weighted by molar-refractivity contribution is 5.69. The Labute approximate surface area is 116 Å². The quantitative estimate of drug-likeness (QED) is 0.596. The number of nitrogens with zero attached hydrogens (tertiary/aromatic N) is 2. The van der Waals surface area contributed by atoms with E-state index in [0.29, 0.717) is 12.2 Å². The van der Waals surface area contributed by atoms with Gasteiger partial charge in [-0.3, -0.25) is 14.5 Å². The van der Waals surface area contributed by atoms with Crippen LogP contribution in [0.15, 0.2) is 23.5 Å². The van der Waals surface area contributed by atoms with Crippen LogP contribution in [0.1, 0.15) is 11.4 Å². The minimum absolute atomic E-state index is 0.0645. The minimum atomic E-state index is -1.01. The molecule has 0 spiro atoms. The van der Waals surface area contributed by atoms with Crippen molar-refractivity contribution in [2.75, 3.05) is 13.6 Å². The van der Waals surface area contributed by atoms with Gasteiger partial charge in [0.2, 0.25) is 5.43 Å². The van der Waals surface area contributed by atoms with Gasteiger partial charge in [0.25, 0.3) is 0 Å². The summed E-state index contributed by atoms with van der Waals surface area (Å²) < 4.78 is 1.54. The summed E-state index contributed by atoms with van der Waals surface area (Å²) in [6.07, 6.45) is 1.56. The Kier molecular flexibility index (Phi) is 5.48. The van der Waals surface area contributed by atoms with E-state index in [0.717, 1.165) is 6.07 Å². The maximum Gasteiger partial charge on any atom is 0.317 e. The van der Waals surface area contributed by atoms with Crippen LogP contribution in [-0.4, -0.2) is 44.3 Å². The standard InChI is InChI=1S/C13H18N2O5/c1-3-4-15-9(8-16)5-11(17)13(20)10(15)6-14(2)7-12(18)19/h3,5,16,20H,1,4,6-8H2,2H3,(H,18,19). The Morgan fingerprint density at radius 3 is 2.70 bits per heavy atom. The number of aliphatic hydroxyl groups excluding tert-OH is 1. The Balaban J connectivity index is 3.26. The van der Waals surface area contributed by atoms with E-state index in [4.69, 9.17) is 5.11 Å². The third-order valence-electron chi connectivity index (χ3n) is 2.78. The smallest absolute Gasteiger partial charge is 0.317 e. The molecule has 0 unspecified atom stereocenters. The van der Waals surface area contributed by atoms with E-state index in [1.165, 1.54) is 4.90 Å². The Bertz CT molecular complexity index is 565. The van der Waals surface area contributed by atoms with Gasteiger partial charge in [0, 0.05) is 24.8 Å². The molecule has 0 saturated carbocycles. The fourth-order valence-electron chi connectivity index (χ4n) is 1.93. The number of pyridine rings is 1. The minimum Gasteiger partial charge on any atom is -0.503 e. The number of carboxylic acid groups (broad SMARTS) is 1. The second kappa shape index (κ2) is 6.88. The van der Waals surface area contributed by atoms with Crippen LogP contribution < -0.4 is 5.43 Å². The first-order valence-corrected chi connectivity index (χ1v) is 5.97. The largest absolute Gasteiger partial charge is 0.503 e. The summed E-state index contributed by atoms with van der Waals surface area (Å²) in [6.45, 7) is 3.35. The molecule has 3 N–H and O–H groups in total. The number of carbonyl (C=O) groups is 1. The molecular formula is C13H18N2O5. The summed E-state index contributed by atoms with van der Waals surface area (Å²) >= 11 is 0. The molecule has 1 aromatic heterocycles. The Hall–Kier alpha value is -2.12. The normalized spacial score (nSPS) is 10.8. The molecule has 0 radical (unpaired) electrons. The van der Waals surface area contributed by atoms with Crippen LogP contribution in [0.5, 0.6) is 5.75 Å². The molecule has 7 heteroatoms. The van der Waals surface area contributed by atoms with Crippen molar-refractivity contribution in [3.05, 3.63) is 40.3 Å². The van der Waals surface area contributed by atoms with Crippen molar-refractivity contribution in [3.63, 3.8) is 0 Å². The zero-order chi connectivity index (χ0) is 15.3. The Morgan fingerprint density at radius 2 is 2.20 bits per heavy atom. The van der Waals surface area contributed by atoms with E-state index in [-0.39, 0.29) is 25.4 Å². The highest BCUT2D eigenvalue weighted by atomic mass is 16.4. The second-order valence-corrected chi connectivity index (χ2v) is 4.42. The zero-order valence-corrected chi connectivity index (χ0v) is 11.2. The third kappa shape index (κ3) is 3.69. The second-order valence-electron chi connectivity index (χ2n) is 4.42. The molecule has 0 amide bonds. The highest BCUT2D eigenvalue weighted by Gasteiger charge is 2.16. The van der Waals surface area contributed by atoms with Gasteiger partial charge >= 0.3 is 5.97 Å². The van der Waals surface area contributed by atoms with Crippen LogP contribution >= 0.6 is 0 Å². The van der Waals surface area contributed by atoms with Crippen molar-refractivity contribution < 1.29 is 20.1 Å². The van der Waals surface area contributed by atoms with E-state index in [9.17, 15) is 19.8 Å². The number of carboxylic acids is 1. The molecular weight excluding hydrogens is 264 g/mol. The number of aliphatic carboxylic acids is 1. The maximum absolute atomic E-state index is 11.6. The summed E-state index contributed by atoms with van der Waals surface area (Å²) in [5.41, 5.74) is -0.00953. The van der Waals surface area contributed by atoms with Crippen LogP contribution in [0.4, 0.5) is 0 Å². The van der Waals surface area contributed by atoms with Crippen molar-refractivity contribution in [2.45, 2.75) is 19.7 Å². The number of rotatable bonds is 7. The fraction of sp³-hybridized carbons (Fsp3) is 0.385. The van der Waals surface area contributed by atoms with E-state index < -0.39 is 17.1 Å². The van der Waals surface area contributed by atoms with Gasteiger partial charge in [-0.25, -0.2) is 0 Å². The number of aromatic hydroxyl groups is 1. The highest BCUT2D eigenvalue weighted by Crippen LogP contribution is 2.17. The first kappa shape index (κ1) is 15.9. The predicted octanol–water partition coefficient (Wildman–Crippen LogP) is -0.251. The number of likely N-dealkylation sites (N-methyl/N-ethyl adjacent to an activating group) is 1. The topological polar surface area (TPSA) is 103 Å². The Morgan fingerprint density at radius 1 is 1.55 bits per heavy atom. The van der Waals surface area contributed by atoms with Crippen LogP contribution in [0.3, 0.4) is 0 Å². The van der Waals surface area contributed by atoms with Crippen LogP contribution in [0.25, 0.3) is 0 Å². The average molecular weight is 282 g/mol. The van der Waals surface area contributed by atoms with Gasteiger partial charge in [0.1, 0.15) is 0 Å². The first-order valence-electron chi connectivity index (χ1n) is 5.97. The number of aromatic nitrogens is 1. The molecule has 1 heterocycles. The van der Waals surface area contributed by atoms with Crippen molar-refractivity contribution >= 4 is 5.97 Å². The molecule has 1 rings (SSSR count). The number of allylic oxidation sites excluding steroid dienone is 1. The third-order valence-corrected chi connectivity index (χ3v) is 2.78. The molecule has 0 saturated heterocycles. The van der Waals surface area contributed by atoms with Gasteiger partial charge in [0.05, 0.1) is 18.8 Å². The van der Waals surface area contributed by atoms with Crippen LogP contribution in [-0.2, 0) is 24.5 Å². The van der Waals surface area contributed by atoms with Crippen LogP contribution in [0.2, 0.25) is 0 Å². The van der Waals surface area contributed by atoms with E-state index in [1.807, 2.05) is 0 Å². The van der Waals surface area contributed by atoms with Crippen molar-refractivity contribution in [3.8, 4) is 5.75 Å². The van der Waals surface area contributed by atoms with Crippen molar-refractivity contribution in [2.24, 2.45) is 0 Å². The van der Waals surface area contributed by atoms with Crippen molar-refractivity contribution in [1.82, 2.24) is 9.47 Å². The molecule has 0 bridgehead atoms. The summed E-state index contributed by atoms with van der Waals surface area (Å²) in [7, 11) is 1.56. The van der Waals surface area contributed by atoms with Gasteiger partial charge in [-0.2, -0.15) is 0 Å². The van der Waals surface area contributed by atoms with E-state index in [2.05, 4.69) is 6.58 Å². The van der Waals surface area contributed by atoms with Gasteiger partial charge in [-0.05, 0) is 7.05 Å². The molecule has 0 aromatic carbocycles. The molecule has 0 aliphatic rings. The van der Waals surface area contributed by atoms with Gasteiger partial charge in [-0.1, -0.05) is 6.08 Å². The molecule has 0 aliphatic heterocycles. The van der Waals surface area contributed by atoms with Crippen LogP contribution in [0, 0.1) is 0 Å².